The van der Waals surface area contributed by atoms with E-state index in [-0.39, 0.29) is 119 Å². The summed E-state index contributed by atoms with van der Waals surface area (Å²) >= 11 is 20.3. The number of fused-ring (bicyclic) bond motifs is 5. The Labute approximate surface area is 736 Å². The van der Waals surface area contributed by atoms with Crippen molar-refractivity contribution in [2.75, 3.05) is 150 Å². The predicted octanol–water partition coefficient (Wildman–Crippen LogP) is 13.8. The number of nitrogens with zero attached hydrogens (tertiary/aromatic N) is 20. The van der Waals surface area contributed by atoms with Crippen LogP contribution in [0.4, 0.5) is 57.3 Å². The number of phenolic OH excluding ortho intramolecular Hbond substituents is 1. The number of ether oxygens (including phenoxy) is 1. The van der Waals surface area contributed by atoms with Gasteiger partial charge < -0.3 is 68.6 Å². The van der Waals surface area contributed by atoms with Crippen LogP contribution >= 0.6 is 34.8 Å². The first-order chi connectivity index (χ1) is 59.5. The summed E-state index contributed by atoms with van der Waals surface area (Å²) in [5, 5.41) is 27.2. The normalized spacial score (nSPS) is 21.6. The minimum absolute atomic E-state index is 0.0149. The Morgan fingerprint density at radius 3 is 1.34 bits per heavy atom. The molecule has 7 aliphatic heterocycles. The standard InChI is InChI=1S/C31H36ClFN8O.C30H33ClF2N8O.C29H33ClF2N6O3/c1-8-24(42)40-13-19(4)41(14-18(40)3)29-20-11-22(32)26(25-17(2)9-10-23-21(25)12-34-37-23)27(33)28(20)35-30(36-29)39-15-31(5,16-39)38(6)7;1-6-24(42)40-12-17(4)41(13-16(40)3)29-19-10-21(31)26(25-20-11-34-37-23(20)9-8-22(25)32)27(33)28(19)35-30(36-29)39-14-18(15-39)38(5)7-2;1-14-11-38(28(40)26-16(3)41-26)15(2)10-37(14)27-18-9-19(30)22(23-20(31)7-6-8-21(23)39)24(32)25(18)33-29(34-27)36-12-17(13-36)35(4)5/h8-12,18-19H,1,13-16H2,2-7H3,(H,34,37);6,8-11,16-18H,1,7,12-15H2,2-5H3,(H,34,37);6-9,14-17,26,39H,10-13H2,1-5H3/t18-,19+;16-,17+;14-,15+,16?,26?/m110/s1. The van der Waals surface area contributed by atoms with E-state index in [1.807, 2.05) is 101 Å². The first-order valence-electron chi connectivity index (χ1n) is 42.0. The zero-order valence-corrected chi connectivity index (χ0v) is 74.8. The maximum atomic E-state index is 16.9. The van der Waals surface area contributed by atoms with Gasteiger partial charge in [0.05, 0.1) is 55.7 Å². The highest BCUT2D eigenvalue weighted by Crippen LogP contribution is 2.49. The minimum atomic E-state index is -0.836. The van der Waals surface area contributed by atoms with Gasteiger partial charge in [0, 0.05) is 182 Å². The van der Waals surface area contributed by atoms with Crippen LogP contribution in [0, 0.1) is 36.0 Å². The molecule has 3 N–H and O–H groups in total. The number of amides is 3. The number of rotatable bonds is 16. The Morgan fingerprint density at radius 1 is 0.520 bits per heavy atom. The van der Waals surface area contributed by atoms with Gasteiger partial charge in [-0.3, -0.25) is 24.6 Å². The van der Waals surface area contributed by atoms with Gasteiger partial charge in [0.1, 0.15) is 51.4 Å². The van der Waals surface area contributed by atoms with Gasteiger partial charge in [-0.05, 0) is 170 Å². The monoisotopic (exact) mass is 1770 g/mol. The van der Waals surface area contributed by atoms with Gasteiger partial charge in [-0.1, -0.05) is 67.0 Å². The van der Waals surface area contributed by atoms with Gasteiger partial charge in [-0.2, -0.15) is 25.1 Å². The Hall–Kier alpha value is -10.9. The van der Waals surface area contributed by atoms with Crippen molar-refractivity contribution in [2.45, 2.75) is 135 Å². The second kappa shape index (κ2) is 34.1. The maximum absolute atomic E-state index is 16.9. The second-order valence-corrected chi connectivity index (χ2v) is 36.2. The topological polar surface area (TPSA) is 258 Å². The summed E-state index contributed by atoms with van der Waals surface area (Å²) < 4.78 is 85.6. The van der Waals surface area contributed by atoms with E-state index in [4.69, 9.17) is 64.5 Å². The molecule has 125 heavy (non-hydrogen) atoms. The maximum Gasteiger partial charge on any atom is 0.254 e. The van der Waals surface area contributed by atoms with Crippen molar-refractivity contribution < 1.29 is 46.2 Å². The van der Waals surface area contributed by atoms with Crippen LogP contribution in [0.1, 0.15) is 67.9 Å². The van der Waals surface area contributed by atoms with Gasteiger partial charge >= 0.3 is 0 Å². The molecule has 18 rings (SSSR count). The Balaban J connectivity index is 0.000000138. The number of aromatic amines is 2. The molecule has 11 aromatic rings. The smallest absolute Gasteiger partial charge is 0.254 e. The molecule has 0 bridgehead atoms. The number of carbonyl (C=O) groups is 3. The highest BCUT2D eigenvalue weighted by Gasteiger charge is 2.48. The number of epoxide rings is 1. The van der Waals surface area contributed by atoms with Crippen LogP contribution in [0.25, 0.3) is 87.9 Å². The molecule has 2 unspecified atom stereocenters. The van der Waals surface area contributed by atoms with Crippen molar-refractivity contribution in [2.24, 2.45) is 0 Å². The molecule has 8 atom stereocenters. The third-order valence-corrected chi connectivity index (χ3v) is 27.1. The fourth-order valence-electron chi connectivity index (χ4n) is 18.1. The van der Waals surface area contributed by atoms with Crippen LogP contribution in [-0.4, -0.2) is 289 Å². The number of aryl methyl sites for hydroxylation is 1. The number of likely N-dealkylation sites (N-methyl/N-ethyl adjacent to an activating group) is 3. The van der Waals surface area contributed by atoms with Crippen LogP contribution < -0.4 is 29.4 Å². The summed E-state index contributed by atoms with van der Waals surface area (Å²) in [6.45, 7) is 35.3. The lowest BCUT2D eigenvalue weighted by Gasteiger charge is -2.52. The van der Waals surface area contributed by atoms with Gasteiger partial charge in [-0.15, -0.1) is 0 Å². The molecule has 27 nitrogen and oxygen atoms in total. The van der Waals surface area contributed by atoms with Gasteiger partial charge in [0.2, 0.25) is 29.7 Å². The molecule has 5 aromatic heterocycles. The molecule has 7 aliphatic rings. The fourth-order valence-corrected chi connectivity index (χ4v) is 18.9. The Kier molecular flexibility index (Phi) is 23.9. The lowest BCUT2D eigenvalue weighted by molar-refractivity contribution is -0.135. The number of H-pyrrole nitrogens is 2. The summed E-state index contributed by atoms with van der Waals surface area (Å²) in [6.07, 6.45) is 5.35. The molecule has 0 aliphatic carbocycles. The number of hydrogen-bond acceptors (Lipinski definition) is 22. The van der Waals surface area contributed by atoms with E-state index in [0.717, 1.165) is 29.1 Å². The predicted molar refractivity (Wildman–Crippen MR) is 482 cm³/mol. The summed E-state index contributed by atoms with van der Waals surface area (Å²) in [4.78, 5) is 91.5. The van der Waals surface area contributed by atoms with Gasteiger partial charge in [-0.25, -0.2) is 36.9 Å². The number of halogens is 8. The molecule has 3 amide bonds. The van der Waals surface area contributed by atoms with Crippen molar-refractivity contribution in [1.29, 1.82) is 0 Å². The number of benzene rings is 6. The average molecular weight is 1770 g/mol. The molecular weight excluding hydrogens is 1670 g/mol. The van der Waals surface area contributed by atoms with Crippen molar-refractivity contribution in [3.63, 3.8) is 0 Å². The number of carbonyl (C=O) groups excluding carboxylic acids is 3. The largest absolute Gasteiger partial charge is 0.507 e. The third-order valence-electron chi connectivity index (χ3n) is 26.2. The van der Waals surface area contributed by atoms with Crippen molar-refractivity contribution >= 4 is 142 Å². The van der Waals surface area contributed by atoms with Crippen molar-refractivity contribution in [1.82, 2.24) is 79.7 Å². The van der Waals surface area contributed by atoms with E-state index < -0.39 is 40.9 Å². The summed E-state index contributed by atoms with van der Waals surface area (Å²) in [7, 11) is 10.2. The lowest BCUT2D eigenvalue weighted by atomic mass is 9.91. The molecular formula is C90H102Cl3F5N22O5. The van der Waals surface area contributed by atoms with E-state index in [0.29, 0.717) is 164 Å². The number of aromatic nitrogens is 10. The third kappa shape index (κ3) is 15.8. The van der Waals surface area contributed by atoms with Gasteiger partial charge in [0.15, 0.2) is 23.6 Å². The first-order valence-corrected chi connectivity index (χ1v) is 43.2. The van der Waals surface area contributed by atoms with Crippen LogP contribution in [0.15, 0.2) is 98.4 Å². The van der Waals surface area contributed by atoms with Crippen LogP contribution in [0.3, 0.4) is 0 Å². The van der Waals surface area contributed by atoms with Crippen molar-refractivity contribution in [3.05, 3.63) is 148 Å². The number of nitrogens with one attached hydrogen (secondary N) is 2. The number of hydrogen-bond donors (Lipinski definition) is 3. The zero-order valence-electron chi connectivity index (χ0n) is 72.5. The zero-order chi connectivity index (χ0) is 89.3. The number of aromatic hydroxyl groups is 1. The van der Waals surface area contributed by atoms with Crippen LogP contribution in [-0.2, 0) is 19.1 Å². The van der Waals surface area contributed by atoms with E-state index in [1.54, 1.807) is 29.3 Å². The van der Waals surface area contributed by atoms with E-state index >= 15 is 17.6 Å². The van der Waals surface area contributed by atoms with Crippen molar-refractivity contribution in [3.8, 4) is 39.1 Å². The molecule has 7 fully saturated rings. The summed E-state index contributed by atoms with van der Waals surface area (Å²) in [5.74, 6) is -1.28. The SMILES string of the molecule is C=CC(=O)N1C[C@H](C)N(c2nc(N3CC(C)(N(C)C)C3)nc3c(F)c(-c4c(C)ccc5[nH]ncc45)c(Cl)cc23)C[C@H]1C.C=CC(=O)N1C[C@H](C)N(c2nc(N3CC(N(C)CC)C3)nc3c(F)c(-c4c(F)ccc5[nH]ncc45)c(Cl)cc23)C[C@H]1C.CC1OC1C(=O)N1C[C@H](C)N(c2nc(N3CC(N(C)C)C3)nc3c(F)c(-c4c(O)cccc4F)c(Cl)cc23)C[C@H]1C. The summed E-state index contributed by atoms with van der Waals surface area (Å²) in [5.41, 5.74) is 2.85. The number of phenols is 1. The molecule has 0 radical (unpaired) electrons. The molecule has 12 heterocycles. The first kappa shape index (κ1) is 87.6. The average Bonchev–Trinajstić information content (AvgIpc) is 1.72. The lowest BCUT2D eigenvalue weighted by Crippen LogP contribution is -2.67. The highest BCUT2D eigenvalue weighted by molar-refractivity contribution is 6.36. The second-order valence-electron chi connectivity index (χ2n) is 34.9. The highest BCUT2D eigenvalue weighted by atomic mass is 35.5. The molecule has 7 saturated heterocycles. The van der Waals surface area contributed by atoms with E-state index in [2.05, 4.69) is 108 Å². The summed E-state index contributed by atoms with van der Waals surface area (Å²) in [6, 6.07) is 15.3. The quantitative estimate of drug-likeness (QED) is 0.0461. The van der Waals surface area contributed by atoms with E-state index in [1.165, 1.54) is 42.6 Å². The number of anilines is 6. The molecule has 0 spiro atoms. The molecule has 35 heteroatoms. The fraction of sp³-hybridized carbons (Fsp3) is 0.433. The minimum Gasteiger partial charge on any atom is -0.507 e. The van der Waals surface area contributed by atoms with Crippen LogP contribution in [0.2, 0.25) is 15.1 Å². The Morgan fingerprint density at radius 2 is 0.920 bits per heavy atom. The Bertz CT molecular complexity index is 6100. The number of piperazine rings is 3. The molecule has 0 saturated carbocycles. The molecule has 6 aromatic carbocycles. The van der Waals surface area contributed by atoms with E-state index in [9.17, 15) is 23.9 Å². The van der Waals surface area contributed by atoms with Gasteiger partial charge in [0.25, 0.3) is 5.91 Å². The molecule has 658 valence electrons. The van der Waals surface area contributed by atoms with Crippen LogP contribution in [0.5, 0.6) is 5.75 Å².